The van der Waals surface area contributed by atoms with E-state index in [4.69, 9.17) is 4.74 Å². The number of benzene rings is 1. The number of aromatic carboxylic acids is 1. The summed E-state index contributed by atoms with van der Waals surface area (Å²) < 4.78 is 21.7. The van der Waals surface area contributed by atoms with Crippen LogP contribution < -0.4 is 15.2 Å². The zero-order valence-electron chi connectivity index (χ0n) is 12.9. The molecule has 1 atom stereocenters. The Morgan fingerprint density at radius 3 is 2.88 bits per heavy atom. The Hall–Kier alpha value is -2.97. The van der Waals surface area contributed by atoms with Gasteiger partial charge in [0.2, 0.25) is 5.43 Å². The Bertz CT molecular complexity index is 924. The summed E-state index contributed by atoms with van der Waals surface area (Å²) in [7, 11) is 0. The minimum absolute atomic E-state index is 0.0126. The summed E-state index contributed by atoms with van der Waals surface area (Å²) in [4.78, 5) is 34.6. The van der Waals surface area contributed by atoms with Crippen LogP contribution in [-0.4, -0.2) is 28.8 Å². The summed E-state index contributed by atoms with van der Waals surface area (Å²) in [5, 5.41) is 12.8. The maximum atomic E-state index is 14.5. The SMILES string of the molecule is CCN(N=O)c1c(F)cc2c(=O)c(C(=O)O)cn3c2c1OCC3C. The van der Waals surface area contributed by atoms with Crippen LogP contribution in [0, 0.1) is 10.7 Å². The number of hydrogen-bond acceptors (Lipinski definition) is 5. The third-order valence-electron chi connectivity index (χ3n) is 4.03. The van der Waals surface area contributed by atoms with E-state index in [2.05, 4.69) is 5.29 Å². The van der Waals surface area contributed by atoms with Gasteiger partial charge in [0.25, 0.3) is 0 Å². The molecule has 0 fully saturated rings. The molecule has 0 saturated heterocycles. The number of pyridine rings is 1. The third kappa shape index (κ3) is 2.12. The van der Waals surface area contributed by atoms with Crippen molar-refractivity contribution in [3.05, 3.63) is 38.8 Å². The topological polar surface area (TPSA) is 101 Å². The van der Waals surface area contributed by atoms with Crippen LogP contribution in [0.3, 0.4) is 0 Å². The highest BCUT2D eigenvalue weighted by Crippen LogP contribution is 2.41. The van der Waals surface area contributed by atoms with Gasteiger partial charge in [0.1, 0.15) is 17.9 Å². The van der Waals surface area contributed by atoms with E-state index >= 15 is 0 Å². The molecule has 2 heterocycles. The van der Waals surface area contributed by atoms with Gasteiger partial charge in [-0.1, -0.05) is 0 Å². The van der Waals surface area contributed by atoms with E-state index in [-0.39, 0.29) is 41.5 Å². The van der Waals surface area contributed by atoms with Gasteiger partial charge in [-0.15, -0.1) is 4.91 Å². The molecule has 0 radical (unpaired) electrons. The number of carboxylic acid groups (broad SMARTS) is 1. The summed E-state index contributed by atoms with van der Waals surface area (Å²) >= 11 is 0. The van der Waals surface area contributed by atoms with Gasteiger partial charge in [-0.05, 0) is 19.9 Å². The van der Waals surface area contributed by atoms with E-state index in [9.17, 15) is 24.0 Å². The van der Waals surface area contributed by atoms with Crippen molar-refractivity contribution in [2.45, 2.75) is 19.9 Å². The molecule has 3 rings (SSSR count). The molecule has 0 bridgehead atoms. The molecular formula is C15H14FN3O5. The molecule has 1 aliphatic heterocycles. The number of nitroso groups, excluding NO2 is 1. The summed E-state index contributed by atoms with van der Waals surface area (Å²) in [6.07, 6.45) is 1.22. The summed E-state index contributed by atoms with van der Waals surface area (Å²) in [6, 6.07) is 0.658. The lowest BCUT2D eigenvalue weighted by Gasteiger charge is -2.29. The molecule has 1 aromatic carbocycles. The van der Waals surface area contributed by atoms with E-state index in [1.807, 2.05) is 0 Å². The minimum Gasteiger partial charge on any atom is -0.487 e. The van der Waals surface area contributed by atoms with Gasteiger partial charge in [-0.25, -0.2) is 14.2 Å². The Morgan fingerprint density at radius 2 is 2.29 bits per heavy atom. The molecule has 1 aromatic heterocycles. The molecule has 8 nitrogen and oxygen atoms in total. The molecular weight excluding hydrogens is 321 g/mol. The third-order valence-corrected chi connectivity index (χ3v) is 4.03. The van der Waals surface area contributed by atoms with Crippen molar-refractivity contribution in [2.24, 2.45) is 5.29 Å². The standard InChI is InChI=1S/C15H14FN3O5/c1-3-19(17-23)12-10(16)4-8-11-14(12)24-6-7(2)18(11)5-9(13(8)20)15(21)22/h4-5,7H,3,6H2,1-2H3,(H,21,22). The number of anilines is 1. The number of carbonyl (C=O) groups is 1. The monoisotopic (exact) mass is 335 g/mol. The van der Waals surface area contributed by atoms with Crippen LogP contribution in [0.25, 0.3) is 10.9 Å². The van der Waals surface area contributed by atoms with Gasteiger partial charge in [0.05, 0.1) is 22.2 Å². The number of rotatable bonds is 4. The number of ether oxygens (including phenoxy) is 1. The second-order valence-corrected chi connectivity index (χ2v) is 5.47. The van der Waals surface area contributed by atoms with Crippen LogP contribution in [0.1, 0.15) is 30.2 Å². The molecule has 126 valence electrons. The fraction of sp³-hybridized carbons (Fsp3) is 0.333. The molecule has 1 aliphatic rings. The maximum absolute atomic E-state index is 14.5. The zero-order valence-corrected chi connectivity index (χ0v) is 12.9. The van der Waals surface area contributed by atoms with Gasteiger partial charge in [-0.3, -0.25) is 4.79 Å². The lowest BCUT2D eigenvalue weighted by Crippen LogP contribution is -2.28. The maximum Gasteiger partial charge on any atom is 0.341 e. The highest BCUT2D eigenvalue weighted by atomic mass is 19.1. The first-order chi connectivity index (χ1) is 11.4. The fourth-order valence-corrected chi connectivity index (χ4v) is 2.86. The molecule has 0 spiro atoms. The second-order valence-electron chi connectivity index (χ2n) is 5.47. The number of aromatic nitrogens is 1. The number of halogens is 1. The van der Waals surface area contributed by atoms with Crippen molar-refractivity contribution in [3.63, 3.8) is 0 Å². The van der Waals surface area contributed by atoms with Crippen LogP contribution in [0.4, 0.5) is 10.1 Å². The normalized spacial score (nSPS) is 15.9. The van der Waals surface area contributed by atoms with E-state index in [1.54, 1.807) is 18.4 Å². The summed E-state index contributed by atoms with van der Waals surface area (Å²) in [6.45, 7) is 3.63. The Balaban J connectivity index is 2.50. The van der Waals surface area contributed by atoms with Crippen molar-refractivity contribution in [1.29, 1.82) is 0 Å². The zero-order chi connectivity index (χ0) is 17.6. The van der Waals surface area contributed by atoms with Gasteiger partial charge in [-0.2, -0.15) is 0 Å². The Kier molecular flexibility index (Phi) is 3.70. The smallest absolute Gasteiger partial charge is 0.341 e. The van der Waals surface area contributed by atoms with Crippen LogP contribution in [0.5, 0.6) is 5.75 Å². The molecule has 9 heteroatoms. The van der Waals surface area contributed by atoms with Gasteiger partial charge >= 0.3 is 5.97 Å². The summed E-state index contributed by atoms with van der Waals surface area (Å²) in [5.74, 6) is -2.25. The van der Waals surface area contributed by atoms with Crippen molar-refractivity contribution >= 4 is 22.6 Å². The predicted molar refractivity (Wildman–Crippen MR) is 84.1 cm³/mol. The first-order valence-corrected chi connectivity index (χ1v) is 7.28. The molecule has 1 unspecified atom stereocenters. The van der Waals surface area contributed by atoms with Gasteiger partial charge in [0, 0.05) is 12.7 Å². The Labute approximate surface area is 135 Å². The Morgan fingerprint density at radius 1 is 1.58 bits per heavy atom. The first kappa shape index (κ1) is 15.9. The van der Waals surface area contributed by atoms with E-state index in [0.717, 1.165) is 11.1 Å². The van der Waals surface area contributed by atoms with Crippen LogP contribution in [0.15, 0.2) is 22.3 Å². The lowest BCUT2D eigenvalue weighted by molar-refractivity contribution is 0.0694. The van der Waals surface area contributed by atoms with Gasteiger partial charge < -0.3 is 14.4 Å². The van der Waals surface area contributed by atoms with Crippen molar-refractivity contribution in [3.8, 4) is 5.75 Å². The van der Waals surface area contributed by atoms with E-state index < -0.39 is 22.8 Å². The van der Waals surface area contributed by atoms with Gasteiger partial charge in [0.15, 0.2) is 11.6 Å². The van der Waals surface area contributed by atoms with Crippen molar-refractivity contribution in [1.82, 2.24) is 4.57 Å². The highest BCUT2D eigenvalue weighted by molar-refractivity contribution is 5.97. The fourth-order valence-electron chi connectivity index (χ4n) is 2.86. The molecule has 24 heavy (non-hydrogen) atoms. The molecule has 0 aliphatic carbocycles. The highest BCUT2D eigenvalue weighted by Gasteiger charge is 2.30. The minimum atomic E-state index is -1.39. The average molecular weight is 335 g/mol. The molecule has 1 N–H and O–H groups in total. The van der Waals surface area contributed by atoms with Crippen molar-refractivity contribution in [2.75, 3.05) is 18.2 Å². The quantitative estimate of drug-likeness (QED) is 0.679. The lowest BCUT2D eigenvalue weighted by atomic mass is 10.1. The van der Waals surface area contributed by atoms with Crippen LogP contribution in [0.2, 0.25) is 0 Å². The number of nitrogens with zero attached hydrogens (tertiary/aromatic N) is 3. The van der Waals surface area contributed by atoms with E-state index in [1.165, 1.54) is 6.20 Å². The van der Waals surface area contributed by atoms with Crippen molar-refractivity contribution < 1.29 is 19.0 Å². The number of carboxylic acids is 1. The van der Waals surface area contributed by atoms with Crippen LogP contribution >= 0.6 is 0 Å². The molecule has 0 amide bonds. The predicted octanol–water partition coefficient (Wildman–Crippen LogP) is 2.30. The number of hydrogen-bond donors (Lipinski definition) is 1. The molecule has 0 saturated carbocycles. The first-order valence-electron chi connectivity index (χ1n) is 7.28. The molecule has 2 aromatic rings. The summed E-state index contributed by atoms with van der Waals surface area (Å²) in [5.41, 5.74) is -1.17. The largest absolute Gasteiger partial charge is 0.487 e. The van der Waals surface area contributed by atoms with E-state index in [0.29, 0.717) is 0 Å². The second kappa shape index (κ2) is 5.59. The average Bonchev–Trinajstić information content (AvgIpc) is 2.55. The van der Waals surface area contributed by atoms with Crippen LogP contribution in [-0.2, 0) is 0 Å².